The van der Waals surface area contributed by atoms with Crippen molar-refractivity contribution in [3.8, 4) is 11.5 Å². The second kappa shape index (κ2) is 6.89. The number of nitro benzene ring substituents is 1. The average molecular weight is 351 g/mol. The zero-order valence-corrected chi connectivity index (χ0v) is 13.3. The first-order valence-electron chi connectivity index (χ1n) is 7.49. The summed E-state index contributed by atoms with van der Waals surface area (Å²) in [5.74, 6) is -1.05. The average Bonchev–Trinajstić information content (AvgIpc) is 2.63. The van der Waals surface area contributed by atoms with Crippen molar-refractivity contribution < 1.29 is 19.9 Å². The van der Waals surface area contributed by atoms with E-state index in [0.717, 1.165) is 29.8 Å². The van der Waals surface area contributed by atoms with Crippen molar-refractivity contribution in [2.75, 3.05) is 0 Å². The van der Waals surface area contributed by atoms with Crippen LogP contribution in [0.25, 0.3) is 10.8 Å². The molecule has 26 heavy (non-hydrogen) atoms. The number of amides is 1. The highest BCUT2D eigenvalue weighted by atomic mass is 16.6. The molecule has 3 aromatic carbocycles. The van der Waals surface area contributed by atoms with Gasteiger partial charge in [-0.25, -0.2) is 5.43 Å². The maximum absolute atomic E-state index is 12.2. The van der Waals surface area contributed by atoms with Crippen LogP contribution in [0.1, 0.15) is 15.9 Å². The lowest BCUT2D eigenvalue weighted by molar-refractivity contribution is -0.384. The molecule has 0 atom stereocenters. The smallest absolute Gasteiger partial charge is 0.275 e. The number of hydrogen-bond donors (Lipinski definition) is 3. The molecule has 0 bridgehead atoms. The largest absolute Gasteiger partial charge is 0.507 e. The minimum atomic E-state index is -0.658. The third-order valence-electron chi connectivity index (χ3n) is 3.74. The first-order chi connectivity index (χ1) is 12.5. The number of nitrogens with zero attached hydrogens (tertiary/aromatic N) is 2. The van der Waals surface area contributed by atoms with Gasteiger partial charge in [0.1, 0.15) is 11.5 Å². The van der Waals surface area contributed by atoms with E-state index in [0.29, 0.717) is 5.39 Å². The van der Waals surface area contributed by atoms with E-state index in [-0.39, 0.29) is 28.3 Å². The summed E-state index contributed by atoms with van der Waals surface area (Å²) in [5, 5.41) is 35.7. The Morgan fingerprint density at radius 3 is 2.65 bits per heavy atom. The van der Waals surface area contributed by atoms with E-state index in [9.17, 15) is 25.1 Å². The van der Waals surface area contributed by atoms with Gasteiger partial charge in [0.05, 0.1) is 16.7 Å². The molecule has 8 heteroatoms. The van der Waals surface area contributed by atoms with Crippen molar-refractivity contribution in [3.63, 3.8) is 0 Å². The van der Waals surface area contributed by atoms with Crippen molar-refractivity contribution >= 4 is 28.6 Å². The zero-order chi connectivity index (χ0) is 18.7. The van der Waals surface area contributed by atoms with E-state index in [2.05, 4.69) is 10.5 Å². The first-order valence-corrected chi connectivity index (χ1v) is 7.49. The number of phenolic OH excluding ortho intramolecular Hbond substituents is 2. The molecule has 0 aliphatic carbocycles. The molecular formula is C18H13N3O5. The molecule has 1 amide bonds. The number of carbonyl (C=O) groups is 1. The number of phenols is 2. The van der Waals surface area contributed by atoms with Gasteiger partial charge in [-0.2, -0.15) is 5.10 Å². The monoisotopic (exact) mass is 351 g/mol. The van der Waals surface area contributed by atoms with Gasteiger partial charge in [0.15, 0.2) is 0 Å². The number of rotatable bonds is 4. The first kappa shape index (κ1) is 16.9. The molecule has 0 saturated carbocycles. The summed E-state index contributed by atoms with van der Waals surface area (Å²) >= 11 is 0. The van der Waals surface area contributed by atoms with Gasteiger partial charge in [-0.1, -0.05) is 30.3 Å². The number of nitrogens with one attached hydrogen (secondary N) is 1. The van der Waals surface area contributed by atoms with Crippen LogP contribution in [0, 0.1) is 10.1 Å². The van der Waals surface area contributed by atoms with E-state index >= 15 is 0 Å². The lowest BCUT2D eigenvalue weighted by atomic mass is 10.1. The Hall–Kier alpha value is -3.94. The summed E-state index contributed by atoms with van der Waals surface area (Å²) in [5.41, 5.74) is 2.10. The molecule has 0 radical (unpaired) electrons. The van der Waals surface area contributed by atoms with Gasteiger partial charge in [0, 0.05) is 23.1 Å². The van der Waals surface area contributed by atoms with E-state index in [1.54, 1.807) is 24.3 Å². The van der Waals surface area contributed by atoms with Gasteiger partial charge in [-0.15, -0.1) is 0 Å². The van der Waals surface area contributed by atoms with Gasteiger partial charge >= 0.3 is 0 Å². The normalized spacial score (nSPS) is 10.9. The summed E-state index contributed by atoms with van der Waals surface area (Å²) in [7, 11) is 0. The van der Waals surface area contributed by atoms with Crippen LogP contribution in [-0.4, -0.2) is 27.3 Å². The molecule has 0 aromatic heterocycles. The Bertz CT molecular complexity index is 1050. The lowest BCUT2D eigenvalue weighted by Crippen LogP contribution is -2.17. The molecule has 0 fully saturated rings. The number of nitro groups is 1. The van der Waals surface area contributed by atoms with Crippen LogP contribution < -0.4 is 5.43 Å². The maximum Gasteiger partial charge on any atom is 0.275 e. The Morgan fingerprint density at radius 2 is 1.88 bits per heavy atom. The third-order valence-corrected chi connectivity index (χ3v) is 3.74. The Labute approximate surface area is 147 Å². The second-order valence-electron chi connectivity index (χ2n) is 5.38. The van der Waals surface area contributed by atoms with Crippen molar-refractivity contribution in [1.82, 2.24) is 5.43 Å². The summed E-state index contributed by atoms with van der Waals surface area (Å²) in [4.78, 5) is 22.4. The number of non-ortho nitro benzene ring substituents is 1. The molecule has 0 unspecified atom stereocenters. The number of aromatic hydroxyl groups is 2. The van der Waals surface area contributed by atoms with Crippen LogP contribution in [0.2, 0.25) is 0 Å². The Kier molecular flexibility index (Phi) is 4.48. The predicted molar refractivity (Wildman–Crippen MR) is 95.4 cm³/mol. The zero-order valence-electron chi connectivity index (χ0n) is 13.3. The highest BCUT2D eigenvalue weighted by Gasteiger charge is 2.13. The van der Waals surface area contributed by atoms with Gasteiger partial charge < -0.3 is 10.2 Å². The quantitative estimate of drug-likeness (QED) is 0.378. The minimum Gasteiger partial charge on any atom is -0.507 e. The minimum absolute atomic E-state index is 0.0316. The molecule has 0 heterocycles. The molecule has 0 aliphatic heterocycles. The topological polar surface area (TPSA) is 125 Å². The number of carbonyl (C=O) groups excluding carboxylic acids is 1. The fraction of sp³-hybridized carbons (Fsp3) is 0. The van der Waals surface area contributed by atoms with Gasteiger partial charge in [-0.05, 0) is 17.5 Å². The van der Waals surface area contributed by atoms with Crippen LogP contribution in [-0.2, 0) is 0 Å². The van der Waals surface area contributed by atoms with Gasteiger partial charge in [-0.3, -0.25) is 14.9 Å². The molecule has 3 rings (SSSR count). The molecule has 8 nitrogen and oxygen atoms in total. The number of hydrogen-bond acceptors (Lipinski definition) is 6. The molecule has 3 N–H and O–H groups in total. The van der Waals surface area contributed by atoms with Crippen molar-refractivity contribution in [2.24, 2.45) is 5.10 Å². The Balaban J connectivity index is 1.81. The molecule has 130 valence electrons. The van der Waals surface area contributed by atoms with E-state index in [1.807, 2.05) is 6.07 Å². The fourth-order valence-corrected chi connectivity index (χ4v) is 2.42. The third kappa shape index (κ3) is 3.29. The summed E-state index contributed by atoms with van der Waals surface area (Å²) in [6.07, 6.45) is 1.08. The second-order valence-corrected chi connectivity index (χ2v) is 5.38. The van der Waals surface area contributed by atoms with Crippen LogP contribution in [0.5, 0.6) is 11.5 Å². The highest BCUT2D eigenvalue weighted by Crippen LogP contribution is 2.28. The molecular weight excluding hydrogens is 338 g/mol. The molecule has 0 spiro atoms. The maximum atomic E-state index is 12.2. The van der Waals surface area contributed by atoms with E-state index in [1.165, 1.54) is 6.07 Å². The Morgan fingerprint density at radius 1 is 1.12 bits per heavy atom. The van der Waals surface area contributed by atoms with Crippen LogP contribution in [0.4, 0.5) is 5.69 Å². The fourth-order valence-electron chi connectivity index (χ4n) is 2.42. The van der Waals surface area contributed by atoms with Crippen molar-refractivity contribution in [2.45, 2.75) is 0 Å². The van der Waals surface area contributed by atoms with Gasteiger partial charge in [0.2, 0.25) is 0 Å². The SMILES string of the molecule is O=C(NN=Cc1cc([N+](=O)[O-])ccc1O)c1ccc2ccccc2c1O. The molecule has 0 saturated heterocycles. The number of hydrazone groups is 1. The summed E-state index contributed by atoms with van der Waals surface area (Å²) < 4.78 is 0. The lowest BCUT2D eigenvalue weighted by Gasteiger charge is -2.06. The van der Waals surface area contributed by atoms with Crippen molar-refractivity contribution in [3.05, 3.63) is 75.8 Å². The van der Waals surface area contributed by atoms with Crippen LogP contribution in [0.3, 0.4) is 0 Å². The van der Waals surface area contributed by atoms with Crippen LogP contribution in [0.15, 0.2) is 59.7 Å². The summed E-state index contributed by atoms with van der Waals surface area (Å²) in [6, 6.07) is 13.6. The standard InChI is InChI=1S/C18H13N3O5/c22-16-8-6-13(21(25)26)9-12(16)10-19-20-18(24)15-7-5-11-3-1-2-4-14(11)17(15)23/h1-10,22-23H,(H,20,24). The van der Waals surface area contributed by atoms with E-state index in [4.69, 9.17) is 0 Å². The molecule has 0 aliphatic rings. The van der Waals surface area contributed by atoms with Gasteiger partial charge in [0.25, 0.3) is 11.6 Å². The molecule has 3 aromatic rings. The predicted octanol–water partition coefficient (Wildman–Crippen LogP) is 2.92. The van der Waals surface area contributed by atoms with Crippen LogP contribution >= 0.6 is 0 Å². The van der Waals surface area contributed by atoms with Crippen molar-refractivity contribution in [1.29, 1.82) is 0 Å². The summed E-state index contributed by atoms with van der Waals surface area (Å²) in [6.45, 7) is 0. The number of benzene rings is 3. The highest BCUT2D eigenvalue weighted by molar-refractivity contribution is 6.03. The number of fused-ring (bicyclic) bond motifs is 1. The van der Waals surface area contributed by atoms with E-state index < -0.39 is 10.8 Å².